The molecule has 0 aliphatic heterocycles. The van der Waals surface area contributed by atoms with Crippen LogP contribution in [0.4, 0.5) is 4.79 Å². The van der Waals surface area contributed by atoms with E-state index >= 15 is 0 Å². The first-order valence-electron chi connectivity index (χ1n) is 6.08. The molecule has 5 heteroatoms. The van der Waals surface area contributed by atoms with Crippen molar-refractivity contribution in [2.24, 2.45) is 0 Å². The molecule has 0 aromatic rings. The lowest BCUT2D eigenvalue weighted by Crippen LogP contribution is -2.45. The van der Waals surface area contributed by atoms with Crippen LogP contribution in [0.5, 0.6) is 0 Å². The Morgan fingerprint density at radius 3 is 2.19 bits per heavy atom. The van der Waals surface area contributed by atoms with E-state index in [1.54, 1.807) is 0 Å². The van der Waals surface area contributed by atoms with Crippen LogP contribution in [0.1, 0.15) is 38.5 Å². The Morgan fingerprint density at radius 2 is 1.56 bits per heavy atom. The third-order valence-electron chi connectivity index (χ3n) is 3.04. The molecule has 90 valence electrons. The summed E-state index contributed by atoms with van der Waals surface area (Å²) in [6, 6.07) is 0.427. The second-order valence-electron chi connectivity index (χ2n) is 4.65. The van der Waals surface area contributed by atoms with Gasteiger partial charge in [0.1, 0.15) is 0 Å². The summed E-state index contributed by atoms with van der Waals surface area (Å²) in [6.07, 6.45) is 6.63. The predicted octanol–water partition coefficient (Wildman–Crippen LogP) is 0.507. The second kappa shape index (κ2) is 5.18. The van der Waals surface area contributed by atoms with E-state index in [0.29, 0.717) is 12.1 Å². The zero-order valence-electron chi connectivity index (χ0n) is 9.42. The topological polar surface area (TPSA) is 70.2 Å². The van der Waals surface area contributed by atoms with Gasteiger partial charge in [-0.25, -0.2) is 4.79 Å². The van der Waals surface area contributed by atoms with Crippen molar-refractivity contribution in [2.45, 2.75) is 50.6 Å². The Kier molecular flexibility index (Phi) is 3.64. The van der Waals surface area contributed by atoms with Gasteiger partial charge < -0.3 is 16.0 Å². The summed E-state index contributed by atoms with van der Waals surface area (Å²) in [5.41, 5.74) is 0. The quantitative estimate of drug-likeness (QED) is 0.652. The van der Waals surface area contributed by atoms with Gasteiger partial charge in [0.05, 0.1) is 6.54 Å². The smallest absolute Gasteiger partial charge is 0.315 e. The van der Waals surface area contributed by atoms with Gasteiger partial charge in [-0.1, -0.05) is 12.8 Å². The molecule has 2 saturated carbocycles. The predicted molar refractivity (Wildman–Crippen MR) is 60.0 cm³/mol. The highest BCUT2D eigenvalue weighted by atomic mass is 16.2. The fourth-order valence-corrected chi connectivity index (χ4v) is 1.97. The molecule has 0 aromatic carbocycles. The minimum absolute atomic E-state index is 0.0784. The van der Waals surface area contributed by atoms with Crippen molar-refractivity contribution < 1.29 is 9.59 Å². The van der Waals surface area contributed by atoms with Crippen LogP contribution in [0.25, 0.3) is 0 Å². The number of urea groups is 1. The summed E-state index contributed by atoms with van der Waals surface area (Å²) >= 11 is 0. The molecule has 0 atom stereocenters. The van der Waals surface area contributed by atoms with Crippen LogP contribution in [-0.4, -0.2) is 30.6 Å². The first-order valence-corrected chi connectivity index (χ1v) is 6.08. The van der Waals surface area contributed by atoms with Crippen molar-refractivity contribution in [1.82, 2.24) is 16.0 Å². The Morgan fingerprint density at radius 1 is 0.938 bits per heavy atom. The van der Waals surface area contributed by atoms with Crippen LogP contribution in [0.2, 0.25) is 0 Å². The van der Waals surface area contributed by atoms with E-state index < -0.39 is 0 Å². The number of amides is 3. The number of carbonyl (C=O) groups is 2. The molecule has 0 heterocycles. The molecular weight excluding hydrogens is 206 g/mol. The maximum Gasteiger partial charge on any atom is 0.315 e. The molecule has 5 nitrogen and oxygen atoms in total. The number of rotatable bonds is 4. The highest BCUT2D eigenvalue weighted by molar-refractivity contribution is 5.84. The van der Waals surface area contributed by atoms with Gasteiger partial charge in [-0.05, 0) is 25.7 Å². The van der Waals surface area contributed by atoms with Crippen molar-refractivity contribution in [1.29, 1.82) is 0 Å². The Bertz CT molecular complexity index is 270. The van der Waals surface area contributed by atoms with E-state index in [2.05, 4.69) is 16.0 Å². The van der Waals surface area contributed by atoms with Crippen LogP contribution in [0, 0.1) is 0 Å². The highest BCUT2D eigenvalue weighted by Crippen LogP contribution is 2.18. The number of carbonyl (C=O) groups excluding carboxylic acids is 2. The van der Waals surface area contributed by atoms with Crippen molar-refractivity contribution in [3.05, 3.63) is 0 Å². The Hall–Kier alpha value is -1.26. The summed E-state index contributed by atoms with van der Waals surface area (Å²) in [4.78, 5) is 22.7. The summed E-state index contributed by atoms with van der Waals surface area (Å²) < 4.78 is 0. The summed E-state index contributed by atoms with van der Waals surface area (Å²) in [5.74, 6) is -0.0935. The zero-order chi connectivity index (χ0) is 11.4. The van der Waals surface area contributed by atoms with E-state index in [1.807, 2.05) is 0 Å². The SMILES string of the molecule is O=C(CNC(=O)NC1CCCC1)NC1CC1. The third kappa shape index (κ3) is 3.72. The Labute approximate surface area is 95.3 Å². The average Bonchev–Trinajstić information content (AvgIpc) is 2.91. The number of nitrogens with one attached hydrogen (secondary N) is 3. The van der Waals surface area contributed by atoms with Gasteiger partial charge >= 0.3 is 6.03 Å². The minimum Gasteiger partial charge on any atom is -0.352 e. The molecule has 3 amide bonds. The zero-order valence-corrected chi connectivity index (χ0v) is 9.42. The lowest BCUT2D eigenvalue weighted by atomic mass is 10.2. The molecule has 16 heavy (non-hydrogen) atoms. The summed E-state index contributed by atoms with van der Waals surface area (Å²) in [5, 5.41) is 8.27. The van der Waals surface area contributed by atoms with E-state index in [0.717, 1.165) is 25.7 Å². The van der Waals surface area contributed by atoms with E-state index in [4.69, 9.17) is 0 Å². The largest absolute Gasteiger partial charge is 0.352 e. The second-order valence-corrected chi connectivity index (χ2v) is 4.65. The first-order chi connectivity index (χ1) is 7.74. The molecule has 0 spiro atoms. The van der Waals surface area contributed by atoms with Gasteiger partial charge in [0.25, 0.3) is 0 Å². The molecule has 3 N–H and O–H groups in total. The van der Waals surface area contributed by atoms with Gasteiger partial charge in [0.15, 0.2) is 0 Å². The van der Waals surface area contributed by atoms with Crippen LogP contribution >= 0.6 is 0 Å². The van der Waals surface area contributed by atoms with Crippen LogP contribution < -0.4 is 16.0 Å². The molecular formula is C11H19N3O2. The van der Waals surface area contributed by atoms with Gasteiger partial charge in [-0.15, -0.1) is 0 Å². The van der Waals surface area contributed by atoms with Gasteiger partial charge in [-0.2, -0.15) is 0 Å². The molecule has 2 aliphatic carbocycles. The van der Waals surface area contributed by atoms with Crippen LogP contribution in [0.3, 0.4) is 0 Å². The van der Waals surface area contributed by atoms with Crippen molar-refractivity contribution in [3.63, 3.8) is 0 Å². The van der Waals surface area contributed by atoms with Crippen molar-refractivity contribution in [3.8, 4) is 0 Å². The first kappa shape index (κ1) is 11.2. The molecule has 2 aliphatic rings. The van der Waals surface area contributed by atoms with E-state index in [9.17, 15) is 9.59 Å². The standard InChI is InChI=1S/C11H19N3O2/c15-10(13-9-5-6-9)7-12-11(16)14-8-3-1-2-4-8/h8-9H,1-7H2,(H,13,15)(H2,12,14,16). The molecule has 2 fully saturated rings. The highest BCUT2D eigenvalue weighted by Gasteiger charge is 2.23. The van der Waals surface area contributed by atoms with Gasteiger partial charge in [0.2, 0.25) is 5.91 Å². The molecule has 0 radical (unpaired) electrons. The van der Waals surface area contributed by atoms with Crippen molar-refractivity contribution in [2.75, 3.05) is 6.54 Å². The lowest BCUT2D eigenvalue weighted by molar-refractivity contribution is -0.120. The average molecular weight is 225 g/mol. The monoisotopic (exact) mass is 225 g/mol. The molecule has 0 aromatic heterocycles. The van der Waals surface area contributed by atoms with E-state index in [1.165, 1.54) is 12.8 Å². The molecule has 0 bridgehead atoms. The number of hydrogen-bond donors (Lipinski definition) is 3. The fourth-order valence-electron chi connectivity index (χ4n) is 1.97. The van der Waals surface area contributed by atoms with Crippen LogP contribution in [-0.2, 0) is 4.79 Å². The fraction of sp³-hybridized carbons (Fsp3) is 0.818. The van der Waals surface area contributed by atoms with Gasteiger partial charge in [0, 0.05) is 12.1 Å². The maximum absolute atomic E-state index is 11.4. The molecule has 0 unspecified atom stereocenters. The molecule has 2 rings (SSSR count). The third-order valence-corrected chi connectivity index (χ3v) is 3.04. The van der Waals surface area contributed by atoms with Crippen molar-refractivity contribution >= 4 is 11.9 Å². The van der Waals surface area contributed by atoms with E-state index in [-0.39, 0.29) is 18.5 Å². The normalized spacial score (nSPS) is 20.5. The van der Waals surface area contributed by atoms with Gasteiger partial charge in [-0.3, -0.25) is 4.79 Å². The summed E-state index contributed by atoms with van der Waals surface area (Å²) in [6.45, 7) is 0.0784. The number of hydrogen-bond acceptors (Lipinski definition) is 2. The molecule has 0 saturated heterocycles. The minimum atomic E-state index is -0.224. The lowest BCUT2D eigenvalue weighted by Gasteiger charge is -2.12. The van der Waals surface area contributed by atoms with Crippen LogP contribution in [0.15, 0.2) is 0 Å². The summed E-state index contributed by atoms with van der Waals surface area (Å²) in [7, 11) is 0. The Balaban J connectivity index is 1.57. The maximum atomic E-state index is 11.4.